The van der Waals surface area contributed by atoms with E-state index in [2.05, 4.69) is 81.4 Å². The molecule has 1 saturated heterocycles. The molecule has 18 amide bonds. The molecule has 24 N–H and O–H groups in total. The van der Waals surface area contributed by atoms with Gasteiger partial charge in [-0.2, -0.15) is 0 Å². The van der Waals surface area contributed by atoms with Crippen molar-refractivity contribution in [3.05, 3.63) is 0 Å². The smallest absolute Gasteiger partial charge is 0.329 e. The minimum atomic E-state index is -2.11. The van der Waals surface area contributed by atoms with Gasteiger partial charge in [0, 0.05) is 32.1 Å². The summed E-state index contributed by atoms with van der Waals surface area (Å²) in [5.41, 5.74) is 22.2. The van der Waals surface area contributed by atoms with Crippen molar-refractivity contribution in [2.24, 2.45) is 70.3 Å². The molecule has 1 aliphatic rings. The molecule has 1 unspecified atom stereocenters. The van der Waals surface area contributed by atoms with Gasteiger partial charge in [-0.25, -0.2) is 4.79 Å². The molecule has 0 aromatic rings. The summed E-state index contributed by atoms with van der Waals surface area (Å²) < 4.78 is 5.79. The van der Waals surface area contributed by atoms with Crippen molar-refractivity contribution >= 4 is 118 Å². The summed E-state index contributed by atoms with van der Waals surface area (Å²) in [4.78, 5) is 280. The topological polar surface area (TPSA) is 664 Å². The minimum Gasteiger partial charge on any atom is -0.481 e. The third kappa shape index (κ3) is 45.2. The average molecular weight is 1780 g/mol. The van der Waals surface area contributed by atoms with Gasteiger partial charge in [-0.15, -0.1) is 0 Å². The van der Waals surface area contributed by atoms with E-state index in [1.54, 1.807) is 76.2 Å². The predicted molar refractivity (Wildman–Crippen MR) is 459 cm³/mol. The standard InChI is InChI=1S/C84H146N18O23/c1-18-20-21-22-23-24-50(103)40-66(108)89-56(35-42(3)4)76(116)94-55(29-34-67(109)110)71(111)90-53(27-32-64(87)106)74(114)100-68(47(13)14)82(122)97-60(39-46(11)12)79(119)92-52(26-31-63(86)105)73(113)99-61-41-125-84(124)70(49(17)19-2)102-75(115)54(28-33-65(88)107)93-77(117)57(36-43(5)6)96-80(120)58(37-44(7)8)95-72(112)51(25-30-62(85)104)91-78(118)59(38-45(9)10)98-83(123)69(48(15)16)101-81(61)121/h42-61,68-70,103H,18-41H2,1-17H3,(H2,85,104)(H2,86,105)(H2,87,106)(H2,88,107)(H,89,108)(H,90,111)(H,91,118)(H,92,119)(H,93,117)(H,94,116)(H,95,112)(H,96,120)(H,97,122)(H,98,123)(H,99,113)(H,100,114)(H,101,121)(H,102,115)(H,109,110)/t49-,50+,51+,52-,53+,54+,55+,56-,57-,58-,59+,60?,61+,68+,69+,70-/m0/s1. The summed E-state index contributed by atoms with van der Waals surface area (Å²) in [5.74, 6) is -25.1. The molecular formula is C84H146N18O23. The van der Waals surface area contributed by atoms with E-state index in [0.717, 1.165) is 25.7 Å². The highest BCUT2D eigenvalue weighted by Crippen LogP contribution is 2.20. The maximum atomic E-state index is 15.1. The Bertz CT molecular complexity index is 3630. The zero-order valence-corrected chi connectivity index (χ0v) is 76.0. The number of cyclic esters (lactones) is 1. The number of amides is 18. The van der Waals surface area contributed by atoms with Crippen LogP contribution in [0.3, 0.4) is 0 Å². The van der Waals surface area contributed by atoms with Gasteiger partial charge in [0.25, 0.3) is 0 Å². The van der Waals surface area contributed by atoms with Crippen LogP contribution in [0, 0.1) is 47.3 Å². The highest BCUT2D eigenvalue weighted by molar-refractivity contribution is 6.01. The van der Waals surface area contributed by atoms with Gasteiger partial charge in [0.15, 0.2) is 0 Å². The van der Waals surface area contributed by atoms with Crippen LogP contribution in [-0.2, 0) is 101 Å². The molecule has 1 aliphatic heterocycles. The Morgan fingerprint density at radius 1 is 0.400 bits per heavy atom. The number of hydrogen-bond donors (Lipinski definition) is 20. The molecule has 0 spiro atoms. The number of nitrogens with one attached hydrogen (secondary N) is 14. The molecule has 0 aromatic carbocycles. The van der Waals surface area contributed by atoms with Gasteiger partial charge in [-0.05, 0) is 118 Å². The van der Waals surface area contributed by atoms with E-state index in [9.17, 15) is 96.5 Å². The van der Waals surface area contributed by atoms with Crippen LogP contribution >= 0.6 is 0 Å². The number of aliphatic hydroxyl groups is 1. The first-order valence-electron chi connectivity index (χ1n) is 43.7. The van der Waals surface area contributed by atoms with Crippen LogP contribution in [0.1, 0.15) is 265 Å². The van der Waals surface area contributed by atoms with Crippen LogP contribution in [-0.4, -0.2) is 226 Å². The van der Waals surface area contributed by atoms with E-state index in [1.165, 1.54) is 34.6 Å². The number of aliphatic hydroxyl groups excluding tert-OH is 1. The first kappa shape index (κ1) is 112. The van der Waals surface area contributed by atoms with E-state index < -0.39 is 303 Å². The Morgan fingerprint density at radius 3 is 1.17 bits per heavy atom. The monoisotopic (exact) mass is 1780 g/mol. The molecule has 0 bridgehead atoms. The Labute approximate surface area is 733 Å². The molecule has 1 fully saturated rings. The molecule has 0 radical (unpaired) electrons. The van der Waals surface area contributed by atoms with E-state index in [1.807, 2.05) is 0 Å². The lowest BCUT2D eigenvalue weighted by Crippen LogP contribution is -2.62. The molecule has 41 nitrogen and oxygen atoms in total. The number of carboxylic acids is 1. The van der Waals surface area contributed by atoms with Gasteiger partial charge in [-0.1, -0.05) is 156 Å². The van der Waals surface area contributed by atoms with E-state index >= 15 is 9.59 Å². The molecule has 1 rings (SSSR count). The maximum absolute atomic E-state index is 15.1. The summed E-state index contributed by atoms with van der Waals surface area (Å²) in [6, 6.07) is -22.9. The van der Waals surface area contributed by atoms with Gasteiger partial charge in [0.1, 0.15) is 91.2 Å². The molecule has 0 aromatic heterocycles. The number of hydrogen-bond acceptors (Lipinski definition) is 22. The maximum Gasteiger partial charge on any atom is 0.329 e. The number of primary amides is 4. The van der Waals surface area contributed by atoms with Crippen LogP contribution in [0.5, 0.6) is 0 Å². The van der Waals surface area contributed by atoms with Crippen molar-refractivity contribution < 1.29 is 111 Å². The van der Waals surface area contributed by atoms with E-state index in [-0.39, 0.29) is 68.6 Å². The van der Waals surface area contributed by atoms with Crippen LogP contribution in [0.25, 0.3) is 0 Å². The lowest BCUT2D eigenvalue weighted by atomic mass is 9.97. The van der Waals surface area contributed by atoms with Gasteiger partial charge >= 0.3 is 11.9 Å². The van der Waals surface area contributed by atoms with Crippen LogP contribution in [0.15, 0.2) is 0 Å². The highest BCUT2D eigenvalue weighted by Gasteiger charge is 2.42. The summed E-state index contributed by atoms with van der Waals surface area (Å²) in [6.07, 6.45) is -2.30. The number of carboxylic acid groups (broad SMARTS) is 1. The van der Waals surface area contributed by atoms with E-state index in [0.29, 0.717) is 12.8 Å². The Hall–Kier alpha value is -10.6. The molecular weight excluding hydrogens is 1630 g/mol. The summed E-state index contributed by atoms with van der Waals surface area (Å²) in [5, 5.41) is 56.0. The van der Waals surface area contributed by atoms with Gasteiger partial charge in [0.05, 0.1) is 12.5 Å². The second kappa shape index (κ2) is 57.8. The summed E-state index contributed by atoms with van der Waals surface area (Å²) in [7, 11) is 0. The van der Waals surface area contributed by atoms with Crippen LogP contribution < -0.4 is 97.4 Å². The third-order valence-corrected chi connectivity index (χ3v) is 20.6. The van der Waals surface area contributed by atoms with Crippen molar-refractivity contribution in [1.29, 1.82) is 0 Å². The molecule has 0 aliphatic carbocycles. The fourth-order valence-electron chi connectivity index (χ4n) is 13.5. The Morgan fingerprint density at radius 2 is 0.768 bits per heavy atom. The lowest BCUT2D eigenvalue weighted by molar-refractivity contribution is -0.152. The SMILES string of the molecule is CCCCCCC[C@@H](O)CC(=O)N[C@@H](CC(C)C)C(=O)N[C@H](CCC(=O)O)C(=O)N[C@H](CCC(N)=O)C(=O)N[C@@H](C(=O)NC(CC(C)C)C(=O)N[C@@H](CCC(N)=O)C(=O)N[C@@H]1COC(=O)[C@H]([C@@H](C)CC)NC(=O)[C@@H](CCC(N)=O)NC(=O)[C@H](CC(C)C)NC(=O)[C@H](CC(C)C)NC(=O)[C@@H](CCC(N)=O)NC(=O)[C@@H](CC(C)C)NC(=O)[C@@H](C(C)C)NC1=O)C(C)C. The summed E-state index contributed by atoms with van der Waals surface area (Å²) in [6.45, 7) is 27.2. The molecule has 41 heteroatoms. The van der Waals surface area contributed by atoms with E-state index in [4.69, 9.17) is 27.7 Å². The number of rotatable bonds is 50. The average Bonchev–Trinajstić information content (AvgIpc) is 1.25. The number of ether oxygens (including phenoxy) is 1. The van der Waals surface area contributed by atoms with Crippen LogP contribution in [0.2, 0.25) is 0 Å². The van der Waals surface area contributed by atoms with Gasteiger partial charge < -0.3 is 112 Å². The van der Waals surface area contributed by atoms with Gasteiger partial charge in [-0.3, -0.25) is 91.1 Å². The van der Waals surface area contributed by atoms with Crippen molar-refractivity contribution in [1.82, 2.24) is 74.4 Å². The molecule has 0 saturated carbocycles. The number of esters is 1. The van der Waals surface area contributed by atoms with Gasteiger partial charge in [0.2, 0.25) is 106 Å². The zero-order chi connectivity index (χ0) is 95.4. The minimum absolute atomic E-state index is 0.0341. The zero-order valence-electron chi connectivity index (χ0n) is 76.0. The fraction of sp³-hybridized carbons (Fsp3) is 0.762. The number of unbranched alkanes of at least 4 members (excludes halogenated alkanes) is 4. The predicted octanol–water partition coefficient (Wildman–Crippen LogP) is -1.04. The van der Waals surface area contributed by atoms with Crippen molar-refractivity contribution in [2.75, 3.05) is 6.61 Å². The Balaban J connectivity index is 4.23. The first-order valence-corrected chi connectivity index (χ1v) is 43.7. The summed E-state index contributed by atoms with van der Waals surface area (Å²) >= 11 is 0. The normalized spacial score (nSPS) is 20.6. The molecule has 1 heterocycles. The van der Waals surface area contributed by atoms with Crippen molar-refractivity contribution in [3.63, 3.8) is 0 Å². The number of carbonyl (C=O) groups excluding carboxylic acids is 19. The second-order valence-corrected chi connectivity index (χ2v) is 35.4. The second-order valence-electron chi connectivity index (χ2n) is 35.4. The number of nitrogens with two attached hydrogens (primary N) is 4. The lowest BCUT2D eigenvalue weighted by Gasteiger charge is -2.30. The number of aliphatic carboxylic acids is 1. The van der Waals surface area contributed by atoms with Crippen LogP contribution in [0.4, 0.5) is 0 Å². The fourth-order valence-corrected chi connectivity index (χ4v) is 13.5. The molecule has 16 atom stereocenters. The Kier molecular flexibility index (Phi) is 52.0. The first-order chi connectivity index (χ1) is 58.3. The largest absolute Gasteiger partial charge is 0.481 e. The molecule has 125 heavy (non-hydrogen) atoms. The quantitative estimate of drug-likeness (QED) is 0.0255. The van der Waals surface area contributed by atoms with Crippen molar-refractivity contribution in [3.8, 4) is 0 Å². The molecule has 710 valence electrons. The van der Waals surface area contributed by atoms with Crippen molar-refractivity contribution in [2.45, 2.75) is 356 Å². The highest BCUT2D eigenvalue weighted by atomic mass is 16.5. The third-order valence-electron chi connectivity index (χ3n) is 20.6. The number of carbonyl (C=O) groups is 20.